The first-order valence-electron chi connectivity index (χ1n) is 7.08. The second-order valence-corrected chi connectivity index (χ2v) is 6.31. The predicted octanol–water partition coefficient (Wildman–Crippen LogP) is 0.235. The molecule has 0 fully saturated rings. The summed E-state index contributed by atoms with van der Waals surface area (Å²) in [5, 5.41) is 7.37. The van der Waals surface area contributed by atoms with Gasteiger partial charge in [-0.15, -0.1) is 0 Å². The van der Waals surface area contributed by atoms with Crippen molar-refractivity contribution in [3.63, 3.8) is 0 Å². The first-order chi connectivity index (χ1) is 11.0. The van der Waals surface area contributed by atoms with Gasteiger partial charge in [0.25, 0.3) is 0 Å². The standard InChI is InChI=1S/C14H22N2O6S/c15-23(18,19)11-10-21-9-8-20-7-6-16-14(17)22-12-13-4-2-1-3-5-13/h1-5H,6-12H2,(H,16,17)(H2,15,18,19). The molecule has 0 aliphatic heterocycles. The van der Waals surface area contributed by atoms with Gasteiger partial charge in [-0.05, 0) is 5.56 Å². The summed E-state index contributed by atoms with van der Waals surface area (Å²) in [5.41, 5.74) is 0.913. The second kappa shape index (κ2) is 10.9. The van der Waals surface area contributed by atoms with E-state index in [9.17, 15) is 13.2 Å². The van der Waals surface area contributed by atoms with Crippen LogP contribution in [-0.2, 0) is 30.8 Å². The van der Waals surface area contributed by atoms with Crippen molar-refractivity contribution in [3.8, 4) is 0 Å². The largest absolute Gasteiger partial charge is 0.445 e. The number of primary sulfonamides is 1. The Kier molecular flexibility index (Phi) is 9.22. The van der Waals surface area contributed by atoms with Gasteiger partial charge in [-0.3, -0.25) is 0 Å². The van der Waals surface area contributed by atoms with Crippen molar-refractivity contribution in [2.45, 2.75) is 6.61 Å². The maximum absolute atomic E-state index is 11.4. The summed E-state index contributed by atoms with van der Waals surface area (Å²) in [7, 11) is -3.49. The highest BCUT2D eigenvalue weighted by Gasteiger charge is 2.03. The van der Waals surface area contributed by atoms with Crippen molar-refractivity contribution >= 4 is 16.1 Å². The zero-order valence-corrected chi connectivity index (χ0v) is 13.6. The number of amides is 1. The molecule has 8 nitrogen and oxygen atoms in total. The lowest BCUT2D eigenvalue weighted by molar-refractivity contribution is 0.0538. The van der Waals surface area contributed by atoms with Gasteiger partial charge < -0.3 is 19.5 Å². The highest BCUT2D eigenvalue weighted by Crippen LogP contribution is 2.00. The Balaban J connectivity index is 1.91. The third-order valence-electron chi connectivity index (χ3n) is 2.61. The number of carbonyl (C=O) groups excluding carboxylic acids is 1. The van der Waals surface area contributed by atoms with Crippen molar-refractivity contribution in [2.24, 2.45) is 5.14 Å². The molecule has 0 saturated heterocycles. The van der Waals surface area contributed by atoms with Gasteiger partial charge in [0.15, 0.2) is 0 Å². The van der Waals surface area contributed by atoms with Gasteiger partial charge in [-0.1, -0.05) is 30.3 Å². The van der Waals surface area contributed by atoms with Crippen LogP contribution in [0.4, 0.5) is 4.79 Å². The van der Waals surface area contributed by atoms with E-state index in [2.05, 4.69) is 5.32 Å². The molecule has 0 aromatic heterocycles. The number of hydrogen-bond acceptors (Lipinski definition) is 6. The summed E-state index contributed by atoms with van der Waals surface area (Å²) in [6.45, 7) is 1.42. The average molecular weight is 346 g/mol. The van der Waals surface area contributed by atoms with E-state index >= 15 is 0 Å². The van der Waals surface area contributed by atoms with E-state index in [1.165, 1.54) is 0 Å². The summed E-state index contributed by atoms with van der Waals surface area (Å²) < 4.78 is 36.5. The van der Waals surface area contributed by atoms with Crippen molar-refractivity contribution in [1.82, 2.24) is 5.32 Å². The predicted molar refractivity (Wildman–Crippen MR) is 84.2 cm³/mol. The Hall–Kier alpha value is -1.68. The highest BCUT2D eigenvalue weighted by atomic mass is 32.2. The first-order valence-corrected chi connectivity index (χ1v) is 8.79. The summed E-state index contributed by atoms with van der Waals surface area (Å²) >= 11 is 0. The molecule has 0 spiro atoms. The van der Waals surface area contributed by atoms with E-state index in [-0.39, 0.29) is 25.6 Å². The van der Waals surface area contributed by atoms with Crippen molar-refractivity contribution in [2.75, 3.05) is 38.7 Å². The Morgan fingerprint density at radius 3 is 2.35 bits per heavy atom. The summed E-state index contributed by atoms with van der Waals surface area (Å²) in [4.78, 5) is 11.4. The summed E-state index contributed by atoms with van der Waals surface area (Å²) in [6, 6.07) is 9.36. The third kappa shape index (κ3) is 11.5. The van der Waals surface area contributed by atoms with Gasteiger partial charge in [-0.2, -0.15) is 0 Å². The van der Waals surface area contributed by atoms with Crippen LogP contribution in [0.25, 0.3) is 0 Å². The molecule has 0 aliphatic rings. The number of benzene rings is 1. The zero-order valence-electron chi connectivity index (χ0n) is 12.8. The SMILES string of the molecule is NS(=O)(=O)CCOCCOCCNC(=O)OCc1ccccc1. The molecule has 130 valence electrons. The maximum Gasteiger partial charge on any atom is 0.407 e. The molecule has 0 bridgehead atoms. The van der Waals surface area contributed by atoms with Crippen LogP contribution >= 0.6 is 0 Å². The number of carbonyl (C=O) groups is 1. The van der Waals surface area contributed by atoms with Crippen LogP contribution in [0, 0.1) is 0 Å². The molecule has 0 heterocycles. The van der Waals surface area contributed by atoms with Crippen molar-refractivity contribution in [1.29, 1.82) is 0 Å². The molecule has 1 aromatic rings. The summed E-state index contributed by atoms with van der Waals surface area (Å²) in [5.74, 6) is -0.220. The van der Waals surface area contributed by atoms with E-state index in [0.29, 0.717) is 19.8 Å². The Labute approximate surface area is 136 Å². The molecule has 0 unspecified atom stereocenters. The molecule has 0 radical (unpaired) electrons. The lowest BCUT2D eigenvalue weighted by Crippen LogP contribution is -2.28. The fraction of sp³-hybridized carbons (Fsp3) is 0.500. The topological polar surface area (TPSA) is 117 Å². The molecule has 1 rings (SSSR count). The third-order valence-corrected chi connectivity index (χ3v) is 3.35. The molecule has 1 aromatic carbocycles. The van der Waals surface area contributed by atoms with Crippen LogP contribution in [0.3, 0.4) is 0 Å². The number of alkyl carbamates (subject to hydrolysis) is 1. The van der Waals surface area contributed by atoms with E-state index in [4.69, 9.17) is 19.3 Å². The highest BCUT2D eigenvalue weighted by molar-refractivity contribution is 7.89. The van der Waals surface area contributed by atoms with Crippen molar-refractivity contribution in [3.05, 3.63) is 35.9 Å². The molecule has 3 N–H and O–H groups in total. The number of ether oxygens (including phenoxy) is 3. The molecule has 0 atom stereocenters. The van der Waals surface area contributed by atoms with E-state index in [1.54, 1.807) is 0 Å². The molecule has 9 heteroatoms. The van der Waals surface area contributed by atoms with Crippen LogP contribution in [-0.4, -0.2) is 53.2 Å². The van der Waals surface area contributed by atoms with Crippen LogP contribution in [0.1, 0.15) is 5.56 Å². The smallest absolute Gasteiger partial charge is 0.407 e. The normalized spacial score (nSPS) is 11.2. The Bertz CT molecular complexity index is 550. The van der Waals surface area contributed by atoms with Gasteiger partial charge in [0, 0.05) is 6.54 Å². The van der Waals surface area contributed by atoms with Gasteiger partial charge >= 0.3 is 6.09 Å². The summed E-state index contributed by atoms with van der Waals surface area (Å²) in [6.07, 6.45) is -0.512. The molecular weight excluding hydrogens is 324 g/mol. The van der Waals surface area contributed by atoms with E-state index < -0.39 is 16.1 Å². The lowest BCUT2D eigenvalue weighted by Gasteiger charge is -2.08. The van der Waals surface area contributed by atoms with Gasteiger partial charge in [-0.25, -0.2) is 18.4 Å². The van der Waals surface area contributed by atoms with Gasteiger partial charge in [0.2, 0.25) is 10.0 Å². The number of rotatable bonds is 11. The van der Waals surface area contributed by atoms with Gasteiger partial charge in [0.05, 0.1) is 32.2 Å². The van der Waals surface area contributed by atoms with Crippen LogP contribution < -0.4 is 10.5 Å². The van der Waals surface area contributed by atoms with E-state index in [0.717, 1.165) is 5.56 Å². The fourth-order valence-corrected chi connectivity index (χ4v) is 1.85. The van der Waals surface area contributed by atoms with Crippen molar-refractivity contribution < 1.29 is 27.4 Å². The van der Waals surface area contributed by atoms with Crippen LogP contribution in [0.15, 0.2) is 30.3 Å². The molecule has 23 heavy (non-hydrogen) atoms. The fourth-order valence-electron chi connectivity index (χ4n) is 1.50. The van der Waals surface area contributed by atoms with Gasteiger partial charge in [0.1, 0.15) is 6.61 Å². The molecule has 1 amide bonds. The maximum atomic E-state index is 11.4. The minimum Gasteiger partial charge on any atom is -0.445 e. The Morgan fingerprint density at radius 1 is 1.04 bits per heavy atom. The Morgan fingerprint density at radius 2 is 1.70 bits per heavy atom. The number of nitrogens with one attached hydrogen (secondary N) is 1. The quantitative estimate of drug-likeness (QED) is 0.554. The second-order valence-electron chi connectivity index (χ2n) is 4.58. The van der Waals surface area contributed by atoms with Crippen LogP contribution in [0.5, 0.6) is 0 Å². The number of hydrogen-bond donors (Lipinski definition) is 2. The lowest BCUT2D eigenvalue weighted by atomic mass is 10.2. The molecule has 0 aliphatic carbocycles. The first kappa shape index (κ1) is 19.4. The van der Waals surface area contributed by atoms with Crippen LogP contribution in [0.2, 0.25) is 0 Å². The monoisotopic (exact) mass is 346 g/mol. The average Bonchev–Trinajstić information content (AvgIpc) is 2.51. The minimum atomic E-state index is -3.49. The molecule has 0 saturated carbocycles. The molecular formula is C14H22N2O6S. The number of nitrogens with two attached hydrogens (primary N) is 1. The zero-order chi connectivity index (χ0) is 17.0. The number of sulfonamides is 1. The van der Waals surface area contributed by atoms with E-state index in [1.807, 2.05) is 30.3 Å². The minimum absolute atomic E-state index is 0.0340.